The number of hydrogen-bond acceptors (Lipinski definition) is 8. The fraction of sp³-hybridized carbons (Fsp3) is 0.389. The van der Waals surface area contributed by atoms with Gasteiger partial charge in [0, 0.05) is 13.1 Å². The van der Waals surface area contributed by atoms with Crippen LogP contribution in [0.4, 0.5) is 4.39 Å². The number of nitrogens with zero attached hydrogens (tertiary/aromatic N) is 5. The molecule has 10 heteroatoms. The zero-order chi connectivity index (χ0) is 20.4. The summed E-state index contributed by atoms with van der Waals surface area (Å²) in [5.41, 5.74) is 0. The molecule has 1 aromatic heterocycles. The van der Waals surface area contributed by atoms with Crippen molar-refractivity contribution in [3.05, 3.63) is 36.0 Å². The van der Waals surface area contributed by atoms with Crippen LogP contribution in [0, 0.1) is 28.5 Å². The van der Waals surface area contributed by atoms with Gasteiger partial charge in [0.15, 0.2) is 6.10 Å². The van der Waals surface area contributed by atoms with Crippen LogP contribution >= 0.6 is 11.8 Å². The van der Waals surface area contributed by atoms with Crippen molar-refractivity contribution in [2.24, 2.45) is 0 Å². The van der Waals surface area contributed by atoms with Crippen molar-refractivity contribution >= 4 is 17.7 Å². The molecule has 0 aliphatic carbocycles. The molecule has 1 atom stereocenters. The second-order valence-electron chi connectivity index (χ2n) is 5.61. The lowest BCUT2D eigenvalue weighted by atomic mass is 10.3. The van der Waals surface area contributed by atoms with Gasteiger partial charge in [-0.3, -0.25) is 4.79 Å². The minimum absolute atomic E-state index is 0.0473. The summed E-state index contributed by atoms with van der Waals surface area (Å²) in [7, 11) is 0. The zero-order valence-electron chi connectivity index (χ0n) is 15.2. The summed E-state index contributed by atoms with van der Waals surface area (Å²) < 4.78 is 24.0. The summed E-state index contributed by atoms with van der Waals surface area (Å²) in [5.74, 6) is 0.156. The summed E-state index contributed by atoms with van der Waals surface area (Å²) in [4.78, 5) is 13.7. The molecule has 0 radical (unpaired) electrons. The molecule has 0 aliphatic heterocycles. The Labute approximate surface area is 165 Å². The number of carbonyl (C=O) groups is 1. The van der Waals surface area contributed by atoms with Crippen molar-refractivity contribution in [1.82, 2.24) is 15.1 Å². The van der Waals surface area contributed by atoms with Crippen molar-refractivity contribution in [1.29, 1.82) is 10.5 Å². The summed E-state index contributed by atoms with van der Waals surface area (Å²) >= 11 is 1.07. The first kappa shape index (κ1) is 21.2. The Morgan fingerprint density at radius 2 is 1.89 bits per heavy atom. The predicted octanol–water partition coefficient (Wildman–Crippen LogP) is 3.10. The summed E-state index contributed by atoms with van der Waals surface area (Å²) in [6, 6.07) is 9.52. The number of amides is 1. The molecular formula is C18H18FN5O3S. The normalized spacial score (nSPS) is 11.3. The van der Waals surface area contributed by atoms with Crippen LogP contribution in [-0.4, -0.2) is 39.8 Å². The average Bonchev–Trinajstić information content (AvgIpc) is 3.17. The topological polar surface area (TPSA) is 116 Å². The molecule has 1 amide bonds. The molecule has 0 bridgehead atoms. The number of ether oxygens (including phenoxy) is 1. The molecule has 0 aliphatic rings. The van der Waals surface area contributed by atoms with Crippen molar-refractivity contribution < 1.29 is 18.3 Å². The number of benzene rings is 1. The zero-order valence-corrected chi connectivity index (χ0v) is 16.0. The molecule has 0 spiro atoms. The van der Waals surface area contributed by atoms with E-state index in [4.69, 9.17) is 19.7 Å². The number of carbonyl (C=O) groups excluding carboxylic acids is 1. The maximum absolute atomic E-state index is 12.9. The Balaban J connectivity index is 1.88. The van der Waals surface area contributed by atoms with Crippen LogP contribution in [0.3, 0.4) is 0 Å². The number of hydrogen-bond donors (Lipinski definition) is 0. The summed E-state index contributed by atoms with van der Waals surface area (Å²) in [6.07, 6.45) is -0.152. The highest BCUT2D eigenvalue weighted by molar-refractivity contribution is 7.99. The number of halogens is 1. The van der Waals surface area contributed by atoms with E-state index in [0.717, 1.165) is 11.8 Å². The smallest absolute Gasteiger partial charge is 0.277 e. The average molecular weight is 403 g/mol. The maximum Gasteiger partial charge on any atom is 0.277 e. The molecule has 0 saturated heterocycles. The van der Waals surface area contributed by atoms with Gasteiger partial charge in [-0.15, -0.1) is 10.2 Å². The van der Waals surface area contributed by atoms with E-state index in [9.17, 15) is 9.18 Å². The minimum atomic E-state index is -0.550. The fourth-order valence-electron chi connectivity index (χ4n) is 2.16. The van der Waals surface area contributed by atoms with Crippen LogP contribution < -0.4 is 4.74 Å². The lowest BCUT2D eigenvalue weighted by molar-refractivity contribution is -0.128. The lowest BCUT2D eigenvalue weighted by Crippen LogP contribution is -2.34. The van der Waals surface area contributed by atoms with E-state index in [1.54, 1.807) is 6.92 Å². The third kappa shape index (κ3) is 6.56. The molecule has 146 valence electrons. The van der Waals surface area contributed by atoms with Crippen LogP contribution in [0.25, 0.3) is 0 Å². The Bertz CT molecular complexity index is 841. The van der Waals surface area contributed by atoms with E-state index in [1.165, 1.54) is 29.2 Å². The van der Waals surface area contributed by atoms with Crippen LogP contribution in [0.2, 0.25) is 0 Å². The van der Waals surface area contributed by atoms with Gasteiger partial charge in [-0.2, -0.15) is 10.5 Å². The van der Waals surface area contributed by atoms with Crippen LogP contribution in [0.15, 0.2) is 33.9 Å². The molecule has 2 aromatic rings. The minimum Gasteiger partial charge on any atom is -0.481 e. The standard InChI is InChI=1S/C18H18FN5O3S/c1-13(26-15-6-4-14(19)5-7-15)17-22-23-18(27-17)28-12-16(25)24(10-2-8-20)11-3-9-21/h4-7,13H,2-3,10-12H2,1H3. The van der Waals surface area contributed by atoms with E-state index in [0.29, 0.717) is 5.75 Å². The largest absolute Gasteiger partial charge is 0.481 e. The first-order valence-corrected chi connectivity index (χ1v) is 9.42. The van der Waals surface area contributed by atoms with E-state index in [1.807, 2.05) is 12.1 Å². The highest BCUT2D eigenvalue weighted by Gasteiger charge is 2.18. The van der Waals surface area contributed by atoms with Crippen molar-refractivity contribution in [2.45, 2.75) is 31.1 Å². The van der Waals surface area contributed by atoms with Gasteiger partial charge < -0.3 is 14.1 Å². The van der Waals surface area contributed by atoms with Gasteiger partial charge in [-0.1, -0.05) is 11.8 Å². The van der Waals surface area contributed by atoms with Gasteiger partial charge in [0.1, 0.15) is 11.6 Å². The SMILES string of the molecule is CC(Oc1ccc(F)cc1)c1nnc(SCC(=O)N(CCC#N)CCC#N)o1. The van der Waals surface area contributed by atoms with E-state index >= 15 is 0 Å². The predicted molar refractivity (Wildman–Crippen MR) is 97.5 cm³/mol. The second kappa shape index (κ2) is 10.9. The summed E-state index contributed by atoms with van der Waals surface area (Å²) in [5, 5.41) is 25.4. The Hall–Kier alpha value is -3.11. The molecule has 0 saturated carbocycles. The lowest BCUT2D eigenvalue weighted by Gasteiger charge is -2.19. The Kier molecular flexibility index (Phi) is 8.25. The van der Waals surface area contributed by atoms with E-state index in [-0.39, 0.29) is 54.5 Å². The van der Waals surface area contributed by atoms with Crippen molar-refractivity contribution in [2.75, 3.05) is 18.8 Å². The molecular weight excluding hydrogens is 385 g/mol. The van der Waals surface area contributed by atoms with Crippen molar-refractivity contribution in [3.63, 3.8) is 0 Å². The quantitative estimate of drug-likeness (QED) is 0.556. The van der Waals surface area contributed by atoms with Gasteiger partial charge in [-0.25, -0.2) is 4.39 Å². The number of thioether (sulfide) groups is 1. The van der Waals surface area contributed by atoms with Gasteiger partial charge in [-0.05, 0) is 31.2 Å². The molecule has 28 heavy (non-hydrogen) atoms. The third-order valence-corrected chi connectivity index (χ3v) is 4.36. The highest BCUT2D eigenvalue weighted by Crippen LogP contribution is 2.24. The Morgan fingerprint density at radius 1 is 1.25 bits per heavy atom. The fourth-order valence-corrected chi connectivity index (χ4v) is 2.83. The molecule has 0 N–H and O–H groups in total. The number of rotatable bonds is 10. The Morgan fingerprint density at radius 3 is 2.50 bits per heavy atom. The van der Waals surface area contributed by atoms with Crippen LogP contribution in [0.1, 0.15) is 31.8 Å². The van der Waals surface area contributed by atoms with E-state index in [2.05, 4.69) is 10.2 Å². The van der Waals surface area contributed by atoms with E-state index < -0.39 is 6.10 Å². The molecule has 1 unspecified atom stereocenters. The monoisotopic (exact) mass is 403 g/mol. The van der Waals surface area contributed by atoms with Crippen LogP contribution in [-0.2, 0) is 4.79 Å². The van der Waals surface area contributed by atoms with Crippen LogP contribution in [0.5, 0.6) is 5.75 Å². The maximum atomic E-state index is 12.9. The number of aromatic nitrogens is 2. The van der Waals surface area contributed by atoms with Gasteiger partial charge >= 0.3 is 0 Å². The molecule has 1 heterocycles. The van der Waals surface area contributed by atoms with Gasteiger partial charge in [0.25, 0.3) is 11.1 Å². The first-order chi connectivity index (χ1) is 13.5. The van der Waals surface area contributed by atoms with Crippen molar-refractivity contribution in [3.8, 4) is 17.9 Å². The molecule has 0 fully saturated rings. The second-order valence-corrected chi connectivity index (χ2v) is 6.53. The van der Waals surface area contributed by atoms with Gasteiger partial charge in [0.05, 0.1) is 30.7 Å². The molecule has 2 rings (SSSR count). The molecule has 1 aromatic carbocycles. The molecule has 8 nitrogen and oxygen atoms in total. The first-order valence-electron chi connectivity index (χ1n) is 8.43. The summed E-state index contributed by atoms with van der Waals surface area (Å²) in [6.45, 7) is 2.26. The van der Waals surface area contributed by atoms with Gasteiger partial charge in [0.2, 0.25) is 5.91 Å². The highest BCUT2D eigenvalue weighted by atomic mass is 32.2. The third-order valence-electron chi connectivity index (χ3n) is 3.56. The number of nitriles is 2.